The van der Waals surface area contributed by atoms with E-state index in [1.807, 2.05) is 6.92 Å². The molecule has 3 heteroatoms. The van der Waals surface area contributed by atoms with E-state index in [9.17, 15) is 4.79 Å². The maximum absolute atomic E-state index is 10.4. The summed E-state index contributed by atoms with van der Waals surface area (Å²) in [5.74, 6) is 0.232. The molecular weight excluding hydrogens is 178 g/mol. The Kier molecular flexibility index (Phi) is 6.54. The highest BCUT2D eigenvalue weighted by atomic mass is 16.4. The minimum absolute atomic E-state index is 0.0862. The zero-order chi connectivity index (χ0) is 11.1. The van der Waals surface area contributed by atoms with Crippen molar-refractivity contribution in [2.45, 2.75) is 52.5 Å². The Morgan fingerprint density at radius 2 is 1.86 bits per heavy atom. The van der Waals surface area contributed by atoms with E-state index in [0.717, 1.165) is 18.8 Å². The van der Waals surface area contributed by atoms with E-state index in [4.69, 9.17) is 10.8 Å². The molecule has 0 aliphatic rings. The number of rotatable bonds is 7. The van der Waals surface area contributed by atoms with Crippen LogP contribution in [0.15, 0.2) is 0 Å². The smallest absolute Gasteiger partial charge is 0.304 e. The average molecular weight is 201 g/mol. The molecule has 0 aromatic heterocycles. The Morgan fingerprint density at radius 3 is 2.29 bits per heavy atom. The van der Waals surface area contributed by atoms with Crippen molar-refractivity contribution in [3.8, 4) is 0 Å². The van der Waals surface area contributed by atoms with Crippen LogP contribution in [0, 0.1) is 11.8 Å². The fraction of sp³-hybridized carbons (Fsp3) is 0.909. The highest BCUT2D eigenvalue weighted by Crippen LogP contribution is 2.15. The molecular formula is C11H23NO2. The van der Waals surface area contributed by atoms with Gasteiger partial charge < -0.3 is 10.8 Å². The van der Waals surface area contributed by atoms with E-state index in [1.165, 1.54) is 6.42 Å². The largest absolute Gasteiger partial charge is 0.481 e. The van der Waals surface area contributed by atoms with Gasteiger partial charge in [0.05, 0.1) is 6.42 Å². The summed E-state index contributed by atoms with van der Waals surface area (Å²) >= 11 is 0. The fourth-order valence-corrected chi connectivity index (χ4v) is 1.46. The summed E-state index contributed by atoms with van der Waals surface area (Å²) in [6, 6.07) is -0.195. The zero-order valence-electron chi connectivity index (χ0n) is 9.49. The number of hydrogen-bond acceptors (Lipinski definition) is 2. The van der Waals surface area contributed by atoms with Gasteiger partial charge in [-0.1, -0.05) is 33.6 Å². The van der Waals surface area contributed by atoms with E-state index >= 15 is 0 Å². The number of nitrogens with two attached hydrogens (primary N) is 1. The van der Waals surface area contributed by atoms with Crippen molar-refractivity contribution in [1.82, 2.24) is 0 Å². The van der Waals surface area contributed by atoms with Gasteiger partial charge in [-0.25, -0.2) is 0 Å². The second-order valence-electron chi connectivity index (χ2n) is 4.56. The Morgan fingerprint density at radius 1 is 1.29 bits per heavy atom. The van der Waals surface area contributed by atoms with E-state index in [-0.39, 0.29) is 12.5 Å². The van der Waals surface area contributed by atoms with Gasteiger partial charge in [0.2, 0.25) is 0 Å². The van der Waals surface area contributed by atoms with Crippen LogP contribution in [0.2, 0.25) is 0 Å². The molecule has 0 aliphatic heterocycles. The van der Waals surface area contributed by atoms with E-state index in [0.29, 0.717) is 5.92 Å². The zero-order valence-corrected chi connectivity index (χ0v) is 9.49. The molecule has 0 radical (unpaired) electrons. The number of carboxylic acids is 1. The molecule has 0 saturated carbocycles. The van der Waals surface area contributed by atoms with Crippen LogP contribution in [0.5, 0.6) is 0 Å². The summed E-state index contributed by atoms with van der Waals surface area (Å²) in [6.07, 6.45) is 3.46. The van der Waals surface area contributed by atoms with Crippen LogP contribution >= 0.6 is 0 Å². The summed E-state index contributed by atoms with van der Waals surface area (Å²) in [4.78, 5) is 10.4. The molecule has 3 nitrogen and oxygen atoms in total. The lowest BCUT2D eigenvalue weighted by molar-refractivity contribution is -0.137. The minimum Gasteiger partial charge on any atom is -0.481 e. The third-order valence-electron chi connectivity index (χ3n) is 2.58. The van der Waals surface area contributed by atoms with Crippen molar-refractivity contribution in [2.75, 3.05) is 0 Å². The van der Waals surface area contributed by atoms with Gasteiger partial charge in [-0.2, -0.15) is 0 Å². The first-order valence-electron chi connectivity index (χ1n) is 5.40. The Balaban J connectivity index is 3.61. The summed E-state index contributed by atoms with van der Waals surface area (Å²) in [5, 5.41) is 8.57. The lowest BCUT2D eigenvalue weighted by atomic mass is 9.92. The fourth-order valence-electron chi connectivity index (χ4n) is 1.46. The van der Waals surface area contributed by atoms with Crippen molar-refractivity contribution in [3.63, 3.8) is 0 Å². The predicted octanol–water partition coefficient (Wildman–Crippen LogP) is 2.25. The molecule has 0 aliphatic carbocycles. The highest BCUT2D eigenvalue weighted by molar-refractivity contribution is 5.67. The summed E-state index contributed by atoms with van der Waals surface area (Å²) in [7, 11) is 0. The minimum atomic E-state index is -0.798. The number of hydrogen-bond donors (Lipinski definition) is 2. The predicted molar refractivity (Wildman–Crippen MR) is 58.1 cm³/mol. The lowest BCUT2D eigenvalue weighted by Crippen LogP contribution is -2.30. The normalized spacial score (nSPS) is 15.5. The van der Waals surface area contributed by atoms with Gasteiger partial charge in [0.1, 0.15) is 0 Å². The topological polar surface area (TPSA) is 63.3 Å². The SMILES string of the molecule is CC(C)CCC[C@H](C)[C@H](N)CC(=O)O. The first-order valence-corrected chi connectivity index (χ1v) is 5.40. The van der Waals surface area contributed by atoms with Crippen LogP contribution in [-0.2, 0) is 4.79 Å². The number of carbonyl (C=O) groups is 1. The second kappa shape index (κ2) is 6.82. The molecule has 0 aromatic carbocycles. The summed E-state index contributed by atoms with van der Waals surface area (Å²) < 4.78 is 0. The first kappa shape index (κ1) is 13.4. The van der Waals surface area contributed by atoms with Crippen molar-refractivity contribution >= 4 is 5.97 Å². The van der Waals surface area contributed by atoms with Crippen molar-refractivity contribution in [1.29, 1.82) is 0 Å². The van der Waals surface area contributed by atoms with Crippen LogP contribution in [-0.4, -0.2) is 17.1 Å². The third-order valence-corrected chi connectivity index (χ3v) is 2.58. The Bertz CT molecular complexity index is 169. The first-order chi connectivity index (χ1) is 6.43. The highest BCUT2D eigenvalue weighted by Gasteiger charge is 2.15. The van der Waals surface area contributed by atoms with Crippen LogP contribution in [0.25, 0.3) is 0 Å². The Hall–Kier alpha value is -0.570. The quantitative estimate of drug-likeness (QED) is 0.664. The second-order valence-corrected chi connectivity index (χ2v) is 4.56. The molecule has 3 N–H and O–H groups in total. The van der Waals surface area contributed by atoms with Crippen LogP contribution in [0.3, 0.4) is 0 Å². The lowest BCUT2D eigenvalue weighted by Gasteiger charge is -2.18. The number of aliphatic carboxylic acids is 1. The van der Waals surface area contributed by atoms with Gasteiger partial charge in [0.25, 0.3) is 0 Å². The molecule has 0 rings (SSSR count). The van der Waals surface area contributed by atoms with Crippen molar-refractivity contribution < 1.29 is 9.90 Å². The molecule has 0 aromatic rings. The maximum atomic E-state index is 10.4. The molecule has 84 valence electrons. The van der Waals surface area contributed by atoms with Crippen molar-refractivity contribution in [3.05, 3.63) is 0 Å². The van der Waals surface area contributed by atoms with Crippen LogP contribution in [0.1, 0.15) is 46.5 Å². The van der Waals surface area contributed by atoms with Gasteiger partial charge in [-0.15, -0.1) is 0 Å². The van der Waals surface area contributed by atoms with E-state index in [2.05, 4.69) is 13.8 Å². The van der Waals surface area contributed by atoms with Crippen LogP contribution < -0.4 is 5.73 Å². The molecule has 0 amide bonds. The molecule has 0 spiro atoms. The molecule has 0 fully saturated rings. The molecule has 14 heavy (non-hydrogen) atoms. The summed E-state index contributed by atoms with van der Waals surface area (Å²) in [6.45, 7) is 6.43. The van der Waals surface area contributed by atoms with E-state index < -0.39 is 5.97 Å². The van der Waals surface area contributed by atoms with Gasteiger partial charge in [0, 0.05) is 6.04 Å². The average Bonchev–Trinajstić information content (AvgIpc) is 2.01. The van der Waals surface area contributed by atoms with Gasteiger partial charge in [0.15, 0.2) is 0 Å². The third kappa shape index (κ3) is 6.89. The molecule has 2 atom stereocenters. The molecule has 0 heterocycles. The number of carboxylic acid groups (broad SMARTS) is 1. The molecule has 0 unspecified atom stereocenters. The standard InChI is InChI=1S/C11H23NO2/c1-8(2)5-4-6-9(3)10(12)7-11(13)14/h8-10H,4-7,12H2,1-3H3,(H,13,14)/t9-,10+/m0/s1. The van der Waals surface area contributed by atoms with Crippen molar-refractivity contribution in [2.24, 2.45) is 17.6 Å². The van der Waals surface area contributed by atoms with Gasteiger partial charge in [-0.3, -0.25) is 4.79 Å². The maximum Gasteiger partial charge on any atom is 0.304 e. The van der Waals surface area contributed by atoms with Crippen LogP contribution in [0.4, 0.5) is 0 Å². The monoisotopic (exact) mass is 201 g/mol. The molecule has 0 bridgehead atoms. The van der Waals surface area contributed by atoms with E-state index in [1.54, 1.807) is 0 Å². The molecule has 0 saturated heterocycles. The van der Waals surface area contributed by atoms with Gasteiger partial charge >= 0.3 is 5.97 Å². The summed E-state index contributed by atoms with van der Waals surface area (Å²) in [5.41, 5.74) is 5.75. The Labute approximate surface area is 86.7 Å². The van der Waals surface area contributed by atoms with Gasteiger partial charge in [-0.05, 0) is 18.3 Å².